The molecule has 1 aromatic heterocycles. The first-order chi connectivity index (χ1) is 16.3. The van der Waals surface area contributed by atoms with Gasteiger partial charge in [0.05, 0.1) is 19.3 Å². The van der Waals surface area contributed by atoms with Crippen molar-refractivity contribution in [1.29, 1.82) is 0 Å². The molecule has 1 unspecified atom stereocenters. The van der Waals surface area contributed by atoms with Crippen LogP contribution in [0.2, 0.25) is 0 Å². The van der Waals surface area contributed by atoms with Crippen LogP contribution in [0.25, 0.3) is 11.4 Å². The van der Waals surface area contributed by atoms with Crippen molar-refractivity contribution < 1.29 is 32.0 Å². The molecule has 1 aliphatic heterocycles. The Kier molecular flexibility index (Phi) is 6.76. The monoisotopic (exact) mass is 475 g/mol. The molecule has 4 rings (SSSR count). The minimum atomic E-state index is -4.45. The maximum atomic E-state index is 13.1. The summed E-state index contributed by atoms with van der Waals surface area (Å²) in [5.74, 6) is 1.50. The molecule has 3 aromatic rings. The average Bonchev–Trinajstić information content (AvgIpc) is 3.44. The van der Waals surface area contributed by atoms with Crippen LogP contribution in [0.3, 0.4) is 0 Å². The van der Waals surface area contributed by atoms with Crippen LogP contribution in [0.15, 0.2) is 47.0 Å². The van der Waals surface area contributed by atoms with E-state index >= 15 is 0 Å². The molecule has 1 amide bonds. The van der Waals surface area contributed by atoms with Crippen LogP contribution in [0.5, 0.6) is 11.5 Å². The van der Waals surface area contributed by atoms with E-state index in [1.165, 1.54) is 18.1 Å². The average molecular weight is 475 g/mol. The molecule has 7 nitrogen and oxygen atoms in total. The summed E-state index contributed by atoms with van der Waals surface area (Å²) in [6, 6.07) is 9.71. The van der Waals surface area contributed by atoms with Crippen molar-refractivity contribution in [2.24, 2.45) is 0 Å². The first-order valence-electron chi connectivity index (χ1n) is 10.9. The van der Waals surface area contributed by atoms with Gasteiger partial charge in [-0.1, -0.05) is 24.2 Å². The van der Waals surface area contributed by atoms with E-state index in [0.29, 0.717) is 41.5 Å². The lowest BCUT2D eigenvalue weighted by Crippen LogP contribution is -2.27. The number of carbonyl (C=O) groups is 1. The van der Waals surface area contributed by atoms with Gasteiger partial charge in [0.1, 0.15) is 6.04 Å². The van der Waals surface area contributed by atoms with E-state index in [2.05, 4.69) is 10.1 Å². The lowest BCUT2D eigenvalue weighted by molar-refractivity contribution is -0.137. The third-order valence-electron chi connectivity index (χ3n) is 5.55. The van der Waals surface area contributed by atoms with Gasteiger partial charge in [-0.25, -0.2) is 0 Å². The van der Waals surface area contributed by atoms with E-state index in [1.54, 1.807) is 24.3 Å². The van der Waals surface area contributed by atoms with E-state index in [1.807, 2.05) is 6.92 Å². The number of amides is 1. The van der Waals surface area contributed by atoms with Crippen molar-refractivity contribution in [1.82, 2.24) is 15.0 Å². The van der Waals surface area contributed by atoms with Crippen molar-refractivity contribution in [3.63, 3.8) is 0 Å². The summed E-state index contributed by atoms with van der Waals surface area (Å²) < 4.78 is 55.7. The topological polar surface area (TPSA) is 77.7 Å². The molecule has 1 saturated heterocycles. The maximum absolute atomic E-state index is 13.1. The Hall–Kier alpha value is -3.56. The molecule has 180 valence electrons. The fraction of sp³-hybridized carbons (Fsp3) is 0.375. The van der Waals surface area contributed by atoms with E-state index in [4.69, 9.17) is 14.0 Å². The normalized spacial score (nSPS) is 16.2. The number of ether oxygens (including phenoxy) is 2. The van der Waals surface area contributed by atoms with Crippen LogP contribution in [-0.2, 0) is 17.5 Å². The van der Waals surface area contributed by atoms with Crippen LogP contribution >= 0.6 is 0 Å². The lowest BCUT2D eigenvalue weighted by atomic mass is 10.1. The highest BCUT2D eigenvalue weighted by molar-refractivity contribution is 5.79. The smallest absolute Gasteiger partial charge is 0.416 e. The molecule has 10 heteroatoms. The Bertz CT molecular complexity index is 1160. The van der Waals surface area contributed by atoms with Crippen LogP contribution in [0.1, 0.15) is 49.2 Å². The second kappa shape index (κ2) is 9.74. The molecule has 0 radical (unpaired) electrons. The Morgan fingerprint density at radius 2 is 2.00 bits per heavy atom. The Morgan fingerprint density at radius 3 is 2.74 bits per heavy atom. The number of hydrogen-bond donors (Lipinski definition) is 0. The van der Waals surface area contributed by atoms with Crippen molar-refractivity contribution >= 4 is 5.91 Å². The number of benzene rings is 2. The minimum absolute atomic E-state index is 0.0163. The minimum Gasteiger partial charge on any atom is -0.493 e. The Morgan fingerprint density at radius 1 is 1.18 bits per heavy atom. The van der Waals surface area contributed by atoms with E-state index < -0.39 is 17.8 Å². The molecule has 0 aliphatic carbocycles. The molecule has 1 atom stereocenters. The highest BCUT2D eigenvalue weighted by atomic mass is 19.4. The number of nitrogens with zero attached hydrogens (tertiary/aromatic N) is 3. The Balaban J connectivity index is 1.55. The molecule has 34 heavy (non-hydrogen) atoms. The standard InChI is InChI=1S/C24H24F3N3O4/c1-3-11-33-19-9-7-16(13-20(19)32-2)22-28-23(34-29-22)18-8-10-21(31)30(18)14-15-5-4-6-17(12-15)24(25,26)27/h4-7,9,12-13,18H,3,8,10-11,14H2,1-2H3. The molecule has 0 bridgehead atoms. The summed E-state index contributed by atoms with van der Waals surface area (Å²) in [6.07, 6.45) is -2.91. The number of rotatable bonds is 8. The van der Waals surface area contributed by atoms with Crippen LogP contribution in [0.4, 0.5) is 13.2 Å². The van der Waals surface area contributed by atoms with Gasteiger partial charge in [0.25, 0.3) is 0 Å². The van der Waals surface area contributed by atoms with E-state index in [9.17, 15) is 18.0 Å². The molecule has 2 heterocycles. The fourth-order valence-electron chi connectivity index (χ4n) is 3.86. The van der Waals surface area contributed by atoms with Gasteiger partial charge in [-0.05, 0) is 48.7 Å². The molecule has 1 fully saturated rings. The number of carbonyl (C=O) groups excluding carboxylic acids is 1. The molecule has 2 aromatic carbocycles. The zero-order valence-electron chi connectivity index (χ0n) is 18.8. The number of likely N-dealkylation sites (tertiary alicyclic amines) is 1. The van der Waals surface area contributed by atoms with Gasteiger partial charge in [0.2, 0.25) is 17.6 Å². The third-order valence-corrected chi connectivity index (χ3v) is 5.55. The van der Waals surface area contributed by atoms with Gasteiger partial charge in [-0.15, -0.1) is 0 Å². The second-order valence-electron chi connectivity index (χ2n) is 7.94. The second-order valence-corrected chi connectivity index (χ2v) is 7.94. The molecule has 0 N–H and O–H groups in total. The zero-order valence-corrected chi connectivity index (χ0v) is 18.8. The first-order valence-corrected chi connectivity index (χ1v) is 10.9. The van der Waals surface area contributed by atoms with Gasteiger partial charge in [0, 0.05) is 18.5 Å². The summed E-state index contributed by atoms with van der Waals surface area (Å²) in [4.78, 5) is 18.5. The largest absolute Gasteiger partial charge is 0.493 e. The van der Waals surface area contributed by atoms with Crippen molar-refractivity contribution in [2.45, 2.75) is 44.9 Å². The SMILES string of the molecule is CCCOc1ccc(-c2noc(C3CCC(=O)N3Cc3cccc(C(F)(F)F)c3)n2)cc1OC. The number of aromatic nitrogens is 2. The summed E-state index contributed by atoms with van der Waals surface area (Å²) in [5, 5.41) is 4.04. The highest BCUT2D eigenvalue weighted by Crippen LogP contribution is 2.37. The Labute approximate surface area is 194 Å². The summed E-state index contributed by atoms with van der Waals surface area (Å²) >= 11 is 0. The molecular formula is C24H24F3N3O4. The van der Waals surface area contributed by atoms with Crippen LogP contribution in [0, 0.1) is 0 Å². The lowest BCUT2D eigenvalue weighted by Gasteiger charge is -2.22. The predicted molar refractivity (Wildman–Crippen MR) is 116 cm³/mol. The molecular weight excluding hydrogens is 451 g/mol. The maximum Gasteiger partial charge on any atom is 0.416 e. The van der Waals surface area contributed by atoms with Crippen LogP contribution in [-0.4, -0.2) is 34.7 Å². The van der Waals surface area contributed by atoms with Gasteiger partial charge in [-0.2, -0.15) is 18.2 Å². The van der Waals surface area contributed by atoms with Crippen molar-refractivity contribution in [3.8, 4) is 22.9 Å². The van der Waals surface area contributed by atoms with Crippen molar-refractivity contribution in [2.75, 3.05) is 13.7 Å². The number of hydrogen-bond acceptors (Lipinski definition) is 6. The van der Waals surface area contributed by atoms with Gasteiger partial charge < -0.3 is 18.9 Å². The van der Waals surface area contributed by atoms with Crippen molar-refractivity contribution in [3.05, 3.63) is 59.5 Å². The summed E-state index contributed by atoms with van der Waals surface area (Å²) in [6.45, 7) is 2.58. The van der Waals surface area contributed by atoms with E-state index in [-0.39, 0.29) is 24.8 Å². The summed E-state index contributed by atoms with van der Waals surface area (Å²) in [7, 11) is 1.54. The zero-order chi connectivity index (χ0) is 24.3. The molecule has 0 spiro atoms. The molecule has 1 aliphatic rings. The van der Waals surface area contributed by atoms with Gasteiger partial charge in [0.15, 0.2) is 11.5 Å². The summed E-state index contributed by atoms with van der Waals surface area (Å²) in [5.41, 5.74) is 0.264. The number of methoxy groups -OCH3 is 1. The third kappa shape index (κ3) is 5.00. The van der Waals surface area contributed by atoms with Gasteiger partial charge in [-0.3, -0.25) is 4.79 Å². The van der Waals surface area contributed by atoms with Crippen LogP contribution < -0.4 is 9.47 Å². The fourth-order valence-corrected chi connectivity index (χ4v) is 3.86. The quantitative estimate of drug-likeness (QED) is 0.433. The van der Waals surface area contributed by atoms with E-state index in [0.717, 1.165) is 18.6 Å². The number of alkyl halides is 3. The number of halogens is 3. The van der Waals surface area contributed by atoms with Gasteiger partial charge >= 0.3 is 6.18 Å². The first kappa shape index (κ1) is 23.6. The highest BCUT2D eigenvalue weighted by Gasteiger charge is 2.37. The molecule has 0 saturated carbocycles. The predicted octanol–water partition coefficient (Wildman–Crippen LogP) is 5.42.